The van der Waals surface area contributed by atoms with Gasteiger partial charge in [0.05, 0.1) is 11.1 Å². The van der Waals surface area contributed by atoms with Gasteiger partial charge in [-0.3, -0.25) is 10.1 Å². The molecule has 156 valence electrons. The summed E-state index contributed by atoms with van der Waals surface area (Å²) in [6, 6.07) is 11.3. The molecule has 3 heterocycles. The first-order valence-electron chi connectivity index (χ1n) is 10.2. The van der Waals surface area contributed by atoms with Crippen molar-refractivity contribution in [3.8, 4) is 11.1 Å². The van der Waals surface area contributed by atoms with E-state index < -0.39 is 11.6 Å². The van der Waals surface area contributed by atoms with Crippen molar-refractivity contribution in [2.24, 2.45) is 5.92 Å². The smallest absolute Gasteiger partial charge is 0.339 e. The van der Waals surface area contributed by atoms with E-state index in [-0.39, 0.29) is 17.8 Å². The quantitative estimate of drug-likeness (QED) is 0.400. The molecule has 1 aliphatic heterocycles. The van der Waals surface area contributed by atoms with Crippen LogP contribution in [0.2, 0.25) is 0 Å². The minimum atomic E-state index is -0.815. The number of carbonyl (C=O) groups excluding carboxylic acids is 2. The van der Waals surface area contributed by atoms with Gasteiger partial charge in [0.1, 0.15) is 5.60 Å². The van der Waals surface area contributed by atoms with E-state index in [1.54, 1.807) is 12.4 Å². The van der Waals surface area contributed by atoms with E-state index in [2.05, 4.69) is 15.3 Å². The van der Waals surface area contributed by atoms with Crippen molar-refractivity contribution in [2.75, 3.05) is 5.32 Å². The third-order valence-electron chi connectivity index (χ3n) is 6.09. The molecule has 0 saturated heterocycles. The van der Waals surface area contributed by atoms with Crippen molar-refractivity contribution in [1.29, 1.82) is 0 Å². The van der Waals surface area contributed by atoms with Gasteiger partial charge in [0.25, 0.3) is 0 Å². The molecule has 8 nitrogen and oxygen atoms in total. The highest BCUT2D eigenvalue weighted by Crippen LogP contribution is 2.47. The molecule has 3 aromatic rings. The van der Waals surface area contributed by atoms with Crippen molar-refractivity contribution < 1.29 is 19.1 Å². The zero-order chi connectivity index (χ0) is 21.4. The lowest BCUT2D eigenvalue weighted by Gasteiger charge is -2.35. The van der Waals surface area contributed by atoms with Gasteiger partial charge >= 0.3 is 5.97 Å². The number of esters is 1. The van der Waals surface area contributed by atoms with Crippen molar-refractivity contribution in [3.63, 3.8) is 0 Å². The summed E-state index contributed by atoms with van der Waals surface area (Å²) in [6.45, 7) is 0. The van der Waals surface area contributed by atoms with Crippen molar-refractivity contribution >= 4 is 17.8 Å². The van der Waals surface area contributed by atoms with Crippen LogP contribution in [0.4, 0.5) is 5.95 Å². The molecule has 0 unspecified atom stereocenters. The van der Waals surface area contributed by atoms with Gasteiger partial charge in [0.15, 0.2) is 12.4 Å². The van der Waals surface area contributed by atoms with Crippen LogP contribution in [0.25, 0.3) is 11.1 Å². The van der Waals surface area contributed by atoms with Crippen molar-refractivity contribution in [1.82, 2.24) is 9.97 Å². The third kappa shape index (κ3) is 3.50. The summed E-state index contributed by atoms with van der Waals surface area (Å²) in [4.78, 5) is 33.5. The Hall–Kier alpha value is -3.81. The van der Waals surface area contributed by atoms with Crippen LogP contribution in [-0.4, -0.2) is 21.8 Å². The molecule has 1 aromatic carbocycles. The number of benzene rings is 1. The van der Waals surface area contributed by atoms with E-state index in [1.807, 2.05) is 30.3 Å². The molecule has 1 fully saturated rings. The summed E-state index contributed by atoms with van der Waals surface area (Å²) >= 11 is 0. The Morgan fingerprint density at radius 1 is 1.10 bits per heavy atom. The van der Waals surface area contributed by atoms with Gasteiger partial charge < -0.3 is 9.94 Å². The van der Waals surface area contributed by atoms with Gasteiger partial charge in [-0.1, -0.05) is 30.3 Å². The van der Waals surface area contributed by atoms with Crippen LogP contribution >= 0.6 is 0 Å². The van der Waals surface area contributed by atoms with Crippen LogP contribution < -0.4 is 10.0 Å². The summed E-state index contributed by atoms with van der Waals surface area (Å²) in [5, 5.41) is 14.5. The first-order chi connectivity index (χ1) is 15.0. The fraction of sp³-hybridized carbons (Fsp3) is 0.261. The highest BCUT2D eigenvalue weighted by molar-refractivity contribution is 5.94. The second-order valence-electron chi connectivity index (χ2n) is 7.94. The van der Waals surface area contributed by atoms with E-state index in [0.29, 0.717) is 41.5 Å². The highest BCUT2D eigenvalue weighted by Gasteiger charge is 2.50. The molecule has 1 N–H and O–H groups in total. The molecule has 2 aromatic heterocycles. The van der Waals surface area contributed by atoms with E-state index in [0.717, 1.165) is 11.1 Å². The molecule has 0 radical (unpaired) electrons. The van der Waals surface area contributed by atoms with Crippen molar-refractivity contribution in [3.05, 3.63) is 77.5 Å². The maximum absolute atomic E-state index is 12.7. The fourth-order valence-corrected chi connectivity index (χ4v) is 4.41. The van der Waals surface area contributed by atoms with Crippen LogP contribution in [0.3, 0.4) is 0 Å². The standard InChI is InChI=1S/C23H20N4O4/c28-20(26-22-24-12-17(13-25-22)15-4-2-1-3-5-15)16-6-9-23(10-7-16)19-14-27(30)11-8-18(19)21(29)31-23/h1-5,8,11-14,16H,6-7,9-10H2,(H,24,25,26,28)/t16-,23+. The number of aromatic nitrogens is 3. The minimum absolute atomic E-state index is 0.154. The zero-order valence-electron chi connectivity index (χ0n) is 16.7. The molecular formula is C23H20N4O4. The Labute approximate surface area is 178 Å². The highest BCUT2D eigenvalue weighted by atomic mass is 16.6. The summed E-state index contributed by atoms with van der Waals surface area (Å²) < 4.78 is 6.35. The first-order valence-corrected chi connectivity index (χ1v) is 10.2. The normalized spacial score (nSPS) is 22.1. The molecule has 0 bridgehead atoms. The molecule has 5 rings (SSSR count). The second kappa shape index (κ2) is 7.46. The topological polar surface area (TPSA) is 108 Å². The van der Waals surface area contributed by atoms with Crippen LogP contribution in [-0.2, 0) is 15.1 Å². The van der Waals surface area contributed by atoms with Gasteiger partial charge in [0, 0.05) is 29.9 Å². The van der Waals surface area contributed by atoms with E-state index in [1.165, 1.54) is 18.5 Å². The van der Waals surface area contributed by atoms with E-state index in [9.17, 15) is 14.8 Å². The fourth-order valence-electron chi connectivity index (χ4n) is 4.41. The van der Waals surface area contributed by atoms with Crippen molar-refractivity contribution in [2.45, 2.75) is 31.3 Å². The predicted molar refractivity (Wildman–Crippen MR) is 111 cm³/mol. The number of fused-ring (bicyclic) bond motifs is 2. The number of rotatable bonds is 3. The van der Waals surface area contributed by atoms with Gasteiger partial charge in [-0.15, -0.1) is 0 Å². The number of anilines is 1. The van der Waals surface area contributed by atoms with Crippen LogP contribution in [0.5, 0.6) is 0 Å². The molecule has 1 spiro atoms. The Balaban J connectivity index is 1.24. The Kier molecular flexibility index (Phi) is 4.62. The average Bonchev–Trinajstić information content (AvgIpc) is 3.05. The number of carbonyl (C=O) groups is 2. The molecule has 1 aliphatic carbocycles. The number of nitrogens with one attached hydrogen (secondary N) is 1. The predicted octanol–water partition coefficient (Wildman–Crippen LogP) is 2.97. The van der Waals surface area contributed by atoms with Crippen LogP contribution in [0.1, 0.15) is 41.6 Å². The lowest BCUT2D eigenvalue weighted by molar-refractivity contribution is -0.606. The number of hydrogen-bond acceptors (Lipinski definition) is 6. The van der Waals surface area contributed by atoms with Gasteiger partial charge in [-0.2, -0.15) is 4.73 Å². The van der Waals surface area contributed by atoms with E-state index in [4.69, 9.17) is 4.74 Å². The second-order valence-corrected chi connectivity index (χ2v) is 7.94. The number of ether oxygens (including phenoxy) is 1. The zero-order valence-corrected chi connectivity index (χ0v) is 16.7. The van der Waals surface area contributed by atoms with Gasteiger partial charge in [0.2, 0.25) is 11.9 Å². The summed E-state index contributed by atoms with van der Waals surface area (Å²) in [5.41, 5.74) is 2.11. The number of nitrogens with zero attached hydrogens (tertiary/aromatic N) is 3. The third-order valence-corrected chi connectivity index (χ3v) is 6.09. The Morgan fingerprint density at radius 2 is 1.81 bits per heavy atom. The maximum Gasteiger partial charge on any atom is 0.339 e. The summed E-state index contributed by atoms with van der Waals surface area (Å²) in [5.74, 6) is -0.548. The lowest BCUT2D eigenvalue weighted by atomic mass is 9.75. The molecule has 31 heavy (non-hydrogen) atoms. The monoisotopic (exact) mass is 416 g/mol. The summed E-state index contributed by atoms with van der Waals surface area (Å²) in [6.07, 6.45) is 8.11. The molecule has 1 amide bonds. The number of hydrogen-bond donors (Lipinski definition) is 1. The lowest BCUT2D eigenvalue weighted by Crippen LogP contribution is -2.37. The number of amides is 1. The molecule has 1 saturated carbocycles. The van der Waals surface area contributed by atoms with Crippen LogP contribution in [0, 0.1) is 11.1 Å². The van der Waals surface area contributed by atoms with E-state index >= 15 is 0 Å². The summed E-state index contributed by atoms with van der Waals surface area (Å²) in [7, 11) is 0. The first kappa shape index (κ1) is 19.2. The van der Waals surface area contributed by atoms with Crippen LogP contribution in [0.15, 0.2) is 61.2 Å². The van der Waals surface area contributed by atoms with Gasteiger partial charge in [-0.05, 0) is 31.2 Å². The number of pyridine rings is 1. The maximum atomic E-state index is 12.7. The Morgan fingerprint density at radius 3 is 2.52 bits per heavy atom. The molecule has 2 aliphatic rings. The van der Waals surface area contributed by atoms with Gasteiger partial charge in [-0.25, -0.2) is 14.8 Å². The average molecular weight is 416 g/mol. The molecular weight excluding hydrogens is 396 g/mol. The molecule has 0 atom stereocenters. The SMILES string of the molecule is O=C1O[C@]2(CC[C@@H](C(=O)Nc3ncc(-c4ccccc4)cn3)CC2)c2c[n+]([O-])ccc21. The largest absolute Gasteiger partial charge is 0.619 e. The molecule has 8 heteroatoms. The minimum Gasteiger partial charge on any atom is -0.619 e. The Bertz CT molecular complexity index is 1140.